The highest BCUT2D eigenvalue weighted by Gasteiger charge is 2.20. The maximum Gasteiger partial charge on any atom is 0.338 e. The number of benzene rings is 2. The second-order valence-corrected chi connectivity index (χ2v) is 6.35. The van der Waals surface area contributed by atoms with E-state index >= 15 is 0 Å². The van der Waals surface area contributed by atoms with Crippen LogP contribution in [0.2, 0.25) is 0 Å². The summed E-state index contributed by atoms with van der Waals surface area (Å²) in [6, 6.07) is 10.9. The van der Waals surface area contributed by atoms with Gasteiger partial charge < -0.3 is 4.74 Å². The lowest BCUT2D eigenvalue weighted by molar-refractivity contribution is 0.0600. The van der Waals surface area contributed by atoms with Crippen LogP contribution in [0.1, 0.15) is 15.9 Å². The third-order valence-corrected chi connectivity index (χ3v) is 4.62. The van der Waals surface area contributed by atoms with Gasteiger partial charge in [-0.15, -0.1) is 0 Å². The number of hydrogen-bond acceptors (Lipinski definition) is 4. The predicted octanol–water partition coefficient (Wildman–Crippen LogP) is 2.59. The van der Waals surface area contributed by atoms with E-state index in [0.717, 1.165) is 12.1 Å². The highest BCUT2D eigenvalue weighted by atomic mass is 32.2. The minimum Gasteiger partial charge on any atom is -0.465 e. The Morgan fingerprint density at radius 1 is 1.10 bits per heavy atom. The number of halogens is 1. The minimum absolute atomic E-state index is 0.00330. The molecule has 0 atom stereocenters. The molecule has 110 valence electrons. The molecule has 2 rings (SSSR count). The molecule has 0 radical (unpaired) electrons. The van der Waals surface area contributed by atoms with E-state index in [2.05, 4.69) is 4.74 Å². The highest BCUT2D eigenvalue weighted by molar-refractivity contribution is 7.90. The SMILES string of the molecule is COC(=O)c1ccccc1CS(=O)(=O)c1ccc(F)cc1. The number of ether oxygens (including phenoxy) is 1. The molecular weight excluding hydrogens is 295 g/mol. The molecule has 0 bridgehead atoms. The largest absolute Gasteiger partial charge is 0.465 e. The summed E-state index contributed by atoms with van der Waals surface area (Å²) in [7, 11) is -2.44. The zero-order valence-electron chi connectivity index (χ0n) is 11.2. The van der Waals surface area contributed by atoms with Crippen LogP contribution >= 0.6 is 0 Å². The molecule has 2 aromatic carbocycles. The van der Waals surface area contributed by atoms with Crippen molar-refractivity contribution in [2.24, 2.45) is 0 Å². The van der Waals surface area contributed by atoms with Gasteiger partial charge in [0.2, 0.25) is 0 Å². The van der Waals surface area contributed by atoms with E-state index in [1.54, 1.807) is 18.2 Å². The Kier molecular flexibility index (Phi) is 4.37. The first-order valence-corrected chi connectivity index (χ1v) is 7.74. The van der Waals surface area contributed by atoms with Crippen LogP contribution < -0.4 is 0 Å². The van der Waals surface area contributed by atoms with E-state index in [9.17, 15) is 17.6 Å². The predicted molar refractivity (Wildman–Crippen MR) is 75.1 cm³/mol. The van der Waals surface area contributed by atoms with Crippen LogP contribution in [0.4, 0.5) is 4.39 Å². The molecule has 0 spiro atoms. The summed E-state index contributed by atoms with van der Waals surface area (Å²) < 4.78 is 42.1. The van der Waals surface area contributed by atoms with Gasteiger partial charge in [-0.2, -0.15) is 0 Å². The second kappa shape index (κ2) is 6.05. The molecule has 0 N–H and O–H groups in total. The third-order valence-electron chi connectivity index (χ3n) is 2.94. The monoisotopic (exact) mass is 308 g/mol. The Balaban J connectivity index is 2.37. The molecule has 0 saturated carbocycles. The molecular formula is C15H13FO4S. The van der Waals surface area contributed by atoms with E-state index in [-0.39, 0.29) is 16.2 Å². The fraction of sp³-hybridized carbons (Fsp3) is 0.133. The van der Waals surface area contributed by atoms with Gasteiger partial charge in [-0.25, -0.2) is 17.6 Å². The highest BCUT2D eigenvalue weighted by Crippen LogP contribution is 2.20. The maximum atomic E-state index is 12.9. The Morgan fingerprint density at radius 2 is 1.71 bits per heavy atom. The normalized spacial score (nSPS) is 11.1. The van der Waals surface area contributed by atoms with Gasteiger partial charge in [0.1, 0.15) is 5.82 Å². The van der Waals surface area contributed by atoms with Crippen LogP contribution in [0, 0.1) is 5.82 Å². The standard InChI is InChI=1S/C15H13FO4S/c1-20-15(17)14-5-3-2-4-11(14)10-21(18,19)13-8-6-12(16)7-9-13/h2-9H,10H2,1H3. The van der Waals surface area contributed by atoms with Gasteiger partial charge in [0, 0.05) is 0 Å². The fourth-order valence-electron chi connectivity index (χ4n) is 1.89. The Hall–Kier alpha value is -2.21. The van der Waals surface area contributed by atoms with Gasteiger partial charge >= 0.3 is 5.97 Å². The number of hydrogen-bond donors (Lipinski definition) is 0. The van der Waals surface area contributed by atoms with Crippen molar-refractivity contribution in [3.05, 3.63) is 65.5 Å². The molecule has 0 saturated heterocycles. The first-order valence-electron chi connectivity index (χ1n) is 6.08. The van der Waals surface area contributed by atoms with Crippen LogP contribution in [0.3, 0.4) is 0 Å². The molecule has 0 aliphatic carbocycles. The molecule has 0 aromatic heterocycles. The summed E-state index contributed by atoms with van der Waals surface area (Å²) in [5.74, 6) is -1.46. The van der Waals surface area contributed by atoms with Gasteiger partial charge in [0.25, 0.3) is 0 Å². The Labute approximate surface area is 122 Å². The van der Waals surface area contributed by atoms with Gasteiger partial charge in [-0.3, -0.25) is 0 Å². The summed E-state index contributed by atoms with van der Waals surface area (Å²) in [5, 5.41) is 0. The molecule has 2 aromatic rings. The van der Waals surface area contributed by atoms with Crippen molar-refractivity contribution in [2.45, 2.75) is 10.6 Å². The van der Waals surface area contributed by atoms with E-state index in [1.165, 1.54) is 25.3 Å². The van der Waals surface area contributed by atoms with Gasteiger partial charge in [0.15, 0.2) is 9.84 Å². The summed E-state index contributed by atoms with van der Waals surface area (Å²) in [6.07, 6.45) is 0. The quantitative estimate of drug-likeness (QED) is 0.643. The fourth-order valence-corrected chi connectivity index (χ4v) is 3.26. The molecule has 0 aliphatic heterocycles. The van der Waals surface area contributed by atoms with E-state index in [0.29, 0.717) is 5.56 Å². The van der Waals surface area contributed by atoms with E-state index in [4.69, 9.17) is 0 Å². The lowest BCUT2D eigenvalue weighted by Gasteiger charge is -2.09. The zero-order chi connectivity index (χ0) is 15.5. The first-order chi connectivity index (χ1) is 9.94. The zero-order valence-corrected chi connectivity index (χ0v) is 12.1. The average Bonchev–Trinajstić information content (AvgIpc) is 2.47. The third kappa shape index (κ3) is 3.46. The second-order valence-electron chi connectivity index (χ2n) is 4.36. The van der Waals surface area contributed by atoms with Crippen LogP contribution in [-0.4, -0.2) is 21.5 Å². The number of esters is 1. The topological polar surface area (TPSA) is 60.4 Å². The van der Waals surface area contributed by atoms with Crippen molar-refractivity contribution in [1.82, 2.24) is 0 Å². The molecule has 4 nitrogen and oxygen atoms in total. The van der Waals surface area contributed by atoms with Gasteiger partial charge in [0.05, 0.1) is 23.3 Å². The molecule has 0 heterocycles. The van der Waals surface area contributed by atoms with Crippen molar-refractivity contribution in [2.75, 3.05) is 7.11 Å². The van der Waals surface area contributed by atoms with Crippen LogP contribution in [0.15, 0.2) is 53.4 Å². The minimum atomic E-state index is -3.67. The van der Waals surface area contributed by atoms with Crippen LogP contribution in [0.5, 0.6) is 0 Å². The number of sulfone groups is 1. The number of carbonyl (C=O) groups excluding carboxylic acids is 1. The Bertz CT molecular complexity index is 751. The maximum absolute atomic E-state index is 12.9. The number of methoxy groups -OCH3 is 1. The van der Waals surface area contributed by atoms with E-state index < -0.39 is 21.6 Å². The number of carbonyl (C=O) groups is 1. The molecule has 0 fully saturated rings. The summed E-state index contributed by atoms with van der Waals surface area (Å²) in [6.45, 7) is 0. The molecule has 0 amide bonds. The van der Waals surface area contributed by atoms with Crippen LogP contribution in [-0.2, 0) is 20.3 Å². The smallest absolute Gasteiger partial charge is 0.338 e. The summed E-state index contributed by atoms with van der Waals surface area (Å²) >= 11 is 0. The van der Waals surface area contributed by atoms with Crippen molar-refractivity contribution in [3.8, 4) is 0 Å². The molecule has 6 heteroatoms. The number of rotatable bonds is 4. The Morgan fingerprint density at radius 3 is 2.33 bits per heavy atom. The molecule has 0 aliphatic rings. The summed E-state index contributed by atoms with van der Waals surface area (Å²) in [4.78, 5) is 11.6. The van der Waals surface area contributed by atoms with Crippen molar-refractivity contribution < 1.29 is 22.3 Å². The van der Waals surface area contributed by atoms with E-state index in [1.807, 2.05) is 0 Å². The lowest BCUT2D eigenvalue weighted by atomic mass is 10.1. The van der Waals surface area contributed by atoms with Crippen molar-refractivity contribution in [1.29, 1.82) is 0 Å². The van der Waals surface area contributed by atoms with Gasteiger partial charge in [-0.1, -0.05) is 18.2 Å². The molecule has 0 unspecified atom stereocenters. The average molecular weight is 308 g/mol. The molecule has 21 heavy (non-hydrogen) atoms. The summed E-state index contributed by atoms with van der Waals surface area (Å²) in [5.41, 5.74) is 0.541. The first kappa shape index (κ1) is 15.2. The van der Waals surface area contributed by atoms with Crippen LogP contribution in [0.25, 0.3) is 0 Å². The van der Waals surface area contributed by atoms with Crippen molar-refractivity contribution >= 4 is 15.8 Å². The van der Waals surface area contributed by atoms with Crippen molar-refractivity contribution in [3.63, 3.8) is 0 Å². The lowest BCUT2D eigenvalue weighted by Crippen LogP contribution is -2.11. The van der Waals surface area contributed by atoms with Gasteiger partial charge in [-0.05, 0) is 35.9 Å².